The highest BCUT2D eigenvalue weighted by Crippen LogP contribution is 2.20. The monoisotopic (exact) mass is 429 g/mol. The number of piperidine rings is 1. The fourth-order valence-electron chi connectivity index (χ4n) is 3.26. The summed E-state index contributed by atoms with van der Waals surface area (Å²) in [4.78, 5) is 27.1. The van der Waals surface area contributed by atoms with Crippen LogP contribution in [0.1, 0.15) is 26.2 Å². The SMILES string of the molecule is CSCCC(NC(=O)COc1ccccc1)C(=O)N1CCC(C(C)N)CC1.Cl. The van der Waals surface area contributed by atoms with E-state index in [1.165, 1.54) is 0 Å². The molecule has 28 heavy (non-hydrogen) atoms. The van der Waals surface area contributed by atoms with Crippen LogP contribution in [0.2, 0.25) is 0 Å². The molecule has 2 amide bonds. The molecule has 0 spiro atoms. The van der Waals surface area contributed by atoms with Gasteiger partial charge in [0.15, 0.2) is 6.61 Å². The Labute approximate surface area is 178 Å². The van der Waals surface area contributed by atoms with Crippen molar-refractivity contribution >= 4 is 36.0 Å². The second kappa shape index (κ2) is 12.9. The number of likely N-dealkylation sites (tertiary alicyclic amines) is 1. The summed E-state index contributed by atoms with van der Waals surface area (Å²) < 4.78 is 5.48. The summed E-state index contributed by atoms with van der Waals surface area (Å²) >= 11 is 1.67. The average Bonchev–Trinajstić information content (AvgIpc) is 2.70. The lowest BCUT2D eigenvalue weighted by atomic mass is 9.90. The van der Waals surface area contributed by atoms with Gasteiger partial charge in [0.1, 0.15) is 11.8 Å². The van der Waals surface area contributed by atoms with E-state index in [1.807, 2.05) is 36.3 Å². The highest BCUT2D eigenvalue weighted by molar-refractivity contribution is 7.98. The summed E-state index contributed by atoms with van der Waals surface area (Å²) in [7, 11) is 0. The van der Waals surface area contributed by atoms with E-state index >= 15 is 0 Å². The molecule has 1 saturated heterocycles. The van der Waals surface area contributed by atoms with Gasteiger partial charge in [-0.25, -0.2) is 0 Å². The topological polar surface area (TPSA) is 84.7 Å². The van der Waals surface area contributed by atoms with Crippen molar-refractivity contribution in [3.8, 4) is 5.75 Å². The Bertz CT molecular complexity index is 596. The highest BCUT2D eigenvalue weighted by Gasteiger charge is 2.30. The number of nitrogens with zero attached hydrogens (tertiary/aromatic N) is 1. The predicted molar refractivity (Wildman–Crippen MR) is 117 cm³/mol. The van der Waals surface area contributed by atoms with Gasteiger partial charge in [0.2, 0.25) is 5.91 Å². The van der Waals surface area contributed by atoms with Crippen LogP contribution in [0.3, 0.4) is 0 Å². The largest absolute Gasteiger partial charge is 0.484 e. The number of ether oxygens (including phenoxy) is 1. The second-order valence-corrected chi connectivity index (χ2v) is 8.01. The second-order valence-electron chi connectivity index (χ2n) is 7.03. The lowest BCUT2D eigenvalue weighted by Gasteiger charge is -2.35. The van der Waals surface area contributed by atoms with Crippen LogP contribution in [0.5, 0.6) is 5.75 Å². The molecule has 1 aliphatic heterocycles. The van der Waals surface area contributed by atoms with E-state index in [-0.39, 0.29) is 36.9 Å². The zero-order chi connectivity index (χ0) is 19.6. The van der Waals surface area contributed by atoms with Crippen molar-refractivity contribution < 1.29 is 14.3 Å². The molecule has 2 rings (SSSR count). The summed E-state index contributed by atoms with van der Waals surface area (Å²) in [6.07, 6.45) is 4.45. The number of para-hydroxylation sites is 1. The average molecular weight is 430 g/mol. The van der Waals surface area contributed by atoms with Crippen molar-refractivity contribution in [2.45, 2.75) is 38.3 Å². The van der Waals surface area contributed by atoms with Crippen molar-refractivity contribution in [3.63, 3.8) is 0 Å². The minimum atomic E-state index is -0.504. The summed E-state index contributed by atoms with van der Waals surface area (Å²) in [6, 6.07) is 8.84. The quantitative estimate of drug-likeness (QED) is 0.629. The maximum atomic E-state index is 12.9. The van der Waals surface area contributed by atoms with Crippen LogP contribution in [0.25, 0.3) is 0 Å². The molecule has 0 saturated carbocycles. The van der Waals surface area contributed by atoms with E-state index in [0.29, 0.717) is 31.2 Å². The van der Waals surface area contributed by atoms with Crippen molar-refractivity contribution in [1.82, 2.24) is 10.2 Å². The summed E-state index contributed by atoms with van der Waals surface area (Å²) in [5.74, 6) is 1.64. The van der Waals surface area contributed by atoms with E-state index in [2.05, 4.69) is 5.32 Å². The number of carbonyl (C=O) groups excluding carboxylic acids is 2. The zero-order valence-electron chi connectivity index (χ0n) is 16.6. The molecule has 0 radical (unpaired) electrons. The number of halogens is 1. The Balaban J connectivity index is 0.00000392. The third-order valence-corrected chi connectivity index (χ3v) is 5.60. The molecule has 6 nitrogen and oxygen atoms in total. The molecule has 2 unspecified atom stereocenters. The molecule has 3 N–H and O–H groups in total. The summed E-state index contributed by atoms with van der Waals surface area (Å²) in [6.45, 7) is 3.34. The van der Waals surface area contributed by atoms with Crippen LogP contribution < -0.4 is 15.8 Å². The van der Waals surface area contributed by atoms with Gasteiger partial charge in [0.05, 0.1) is 0 Å². The van der Waals surface area contributed by atoms with Crippen LogP contribution in [-0.4, -0.2) is 60.5 Å². The van der Waals surface area contributed by atoms with Gasteiger partial charge in [-0.2, -0.15) is 11.8 Å². The molecular weight excluding hydrogens is 398 g/mol. The van der Waals surface area contributed by atoms with Crippen molar-refractivity contribution in [3.05, 3.63) is 30.3 Å². The lowest BCUT2D eigenvalue weighted by Crippen LogP contribution is -2.52. The van der Waals surface area contributed by atoms with Gasteiger partial charge >= 0.3 is 0 Å². The van der Waals surface area contributed by atoms with Gasteiger partial charge in [-0.3, -0.25) is 9.59 Å². The van der Waals surface area contributed by atoms with Crippen molar-refractivity contribution in [2.24, 2.45) is 11.7 Å². The number of nitrogens with one attached hydrogen (secondary N) is 1. The van der Waals surface area contributed by atoms with Crippen LogP contribution in [0.15, 0.2) is 30.3 Å². The molecule has 1 fully saturated rings. The normalized spacial score (nSPS) is 16.6. The molecule has 8 heteroatoms. The Morgan fingerprint density at radius 2 is 1.93 bits per heavy atom. The molecule has 2 atom stereocenters. The number of rotatable bonds is 9. The maximum Gasteiger partial charge on any atom is 0.258 e. The molecule has 1 aliphatic rings. The molecule has 1 aromatic rings. The Hall–Kier alpha value is -1.44. The first-order valence-electron chi connectivity index (χ1n) is 9.51. The van der Waals surface area contributed by atoms with Gasteiger partial charge in [-0.05, 0) is 56.2 Å². The van der Waals surface area contributed by atoms with Gasteiger partial charge < -0.3 is 20.7 Å². The number of carbonyl (C=O) groups is 2. The first-order valence-corrected chi connectivity index (χ1v) is 10.9. The number of amides is 2. The number of hydrogen-bond acceptors (Lipinski definition) is 5. The Kier molecular flexibility index (Phi) is 11.3. The molecule has 0 bridgehead atoms. The Morgan fingerprint density at radius 3 is 2.50 bits per heavy atom. The lowest BCUT2D eigenvalue weighted by molar-refractivity contribution is -0.138. The molecule has 0 aliphatic carbocycles. The van der Waals surface area contributed by atoms with Crippen LogP contribution >= 0.6 is 24.2 Å². The number of benzene rings is 1. The van der Waals surface area contributed by atoms with Gasteiger partial charge in [-0.15, -0.1) is 12.4 Å². The van der Waals surface area contributed by atoms with E-state index in [1.54, 1.807) is 23.9 Å². The minimum Gasteiger partial charge on any atom is -0.484 e. The number of thioether (sulfide) groups is 1. The zero-order valence-corrected chi connectivity index (χ0v) is 18.3. The van der Waals surface area contributed by atoms with Crippen LogP contribution in [0.4, 0.5) is 0 Å². The fraction of sp³-hybridized carbons (Fsp3) is 0.600. The van der Waals surface area contributed by atoms with E-state index < -0.39 is 6.04 Å². The minimum absolute atomic E-state index is 0. The Morgan fingerprint density at radius 1 is 1.29 bits per heavy atom. The van der Waals surface area contributed by atoms with E-state index in [9.17, 15) is 9.59 Å². The number of nitrogens with two attached hydrogens (primary N) is 1. The standard InChI is InChI=1S/C20H31N3O3S.ClH/c1-15(21)16-8-11-23(12-9-16)20(25)18(10-13-27-2)22-19(24)14-26-17-6-4-3-5-7-17;/h3-7,15-16,18H,8-14,21H2,1-2H3,(H,22,24);1H. The number of hydrogen-bond donors (Lipinski definition) is 2. The summed E-state index contributed by atoms with van der Waals surface area (Å²) in [5.41, 5.74) is 5.98. The highest BCUT2D eigenvalue weighted by atomic mass is 35.5. The molecule has 1 heterocycles. The van der Waals surface area contributed by atoms with E-state index in [4.69, 9.17) is 10.5 Å². The van der Waals surface area contributed by atoms with Gasteiger partial charge in [-0.1, -0.05) is 18.2 Å². The van der Waals surface area contributed by atoms with E-state index in [0.717, 1.165) is 18.6 Å². The van der Waals surface area contributed by atoms with Crippen molar-refractivity contribution in [1.29, 1.82) is 0 Å². The van der Waals surface area contributed by atoms with Crippen molar-refractivity contribution in [2.75, 3.05) is 31.7 Å². The first kappa shape index (κ1) is 24.6. The molecular formula is C20H32ClN3O3S. The van der Waals surface area contributed by atoms with Gasteiger partial charge in [0.25, 0.3) is 5.91 Å². The maximum absolute atomic E-state index is 12.9. The first-order chi connectivity index (χ1) is 13.0. The molecule has 158 valence electrons. The van der Waals surface area contributed by atoms with Crippen LogP contribution in [-0.2, 0) is 9.59 Å². The summed E-state index contributed by atoms with van der Waals surface area (Å²) in [5, 5.41) is 2.86. The fourth-order valence-corrected chi connectivity index (χ4v) is 3.73. The predicted octanol–water partition coefficient (Wildman–Crippen LogP) is 2.31. The third kappa shape index (κ3) is 7.89. The van der Waals surface area contributed by atoms with Gasteiger partial charge in [0, 0.05) is 19.1 Å². The molecule has 0 aromatic heterocycles. The van der Waals surface area contributed by atoms with Crippen LogP contribution in [0, 0.1) is 5.92 Å². The third-order valence-electron chi connectivity index (χ3n) is 4.95. The smallest absolute Gasteiger partial charge is 0.258 e. The molecule has 1 aromatic carbocycles.